The molecule has 2 aromatic carbocycles. The highest BCUT2D eigenvalue weighted by Gasteiger charge is 2.39. The lowest BCUT2D eigenvalue weighted by molar-refractivity contribution is -0.0381. The van der Waals surface area contributed by atoms with E-state index in [4.69, 9.17) is 9.47 Å². The summed E-state index contributed by atoms with van der Waals surface area (Å²) in [5, 5.41) is 3.81. The summed E-state index contributed by atoms with van der Waals surface area (Å²) in [4.78, 5) is 0. The van der Waals surface area contributed by atoms with Crippen LogP contribution in [0.15, 0.2) is 36.4 Å². The Kier molecular flexibility index (Phi) is 4.43. The molecule has 1 unspecified atom stereocenters. The topological polar surface area (TPSA) is 30.5 Å². The summed E-state index contributed by atoms with van der Waals surface area (Å²) in [6, 6.07) is 13.6. The maximum absolute atomic E-state index is 6.27. The van der Waals surface area contributed by atoms with Gasteiger partial charge in [0, 0.05) is 23.8 Å². The Balaban J connectivity index is 1.75. The molecular weight excluding hydrogens is 310 g/mol. The maximum Gasteiger partial charge on any atom is 0.121 e. The first-order chi connectivity index (χ1) is 12.2. The van der Waals surface area contributed by atoms with Gasteiger partial charge >= 0.3 is 0 Å². The minimum Gasteiger partial charge on any atom is -0.496 e. The molecule has 2 heterocycles. The van der Waals surface area contributed by atoms with Crippen molar-refractivity contribution < 1.29 is 9.47 Å². The third-order valence-electron chi connectivity index (χ3n) is 5.72. The molecule has 1 N–H and O–H groups in total. The Morgan fingerprint density at radius 3 is 2.84 bits per heavy atom. The van der Waals surface area contributed by atoms with Crippen LogP contribution in [0.4, 0.5) is 5.69 Å². The predicted molar refractivity (Wildman–Crippen MR) is 101 cm³/mol. The fourth-order valence-corrected chi connectivity index (χ4v) is 4.37. The van der Waals surface area contributed by atoms with Gasteiger partial charge in [-0.05, 0) is 55.0 Å². The minimum atomic E-state index is 0.198. The third-order valence-corrected chi connectivity index (χ3v) is 5.72. The smallest absolute Gasteiger partial charge is 0.121 e. The molecule has 0 radical (unpaired) electrons. The fraction of sp³-hybridized carbons (Fsp3) is 0.455. The summed E-state index contributed by atoms with van der Waals surface area (Å²) in [6.07, 6.45) is 3.59. The van der Waals surface area contributed by atoms with Gasteiger partial charge in [0.05, 0.1) is 19.3 Å². The van der Waals surface area contributed by atoms with E-state index in [-0.39, 0.29) is 12.1 Å². The van der Waals surface area contributed by atoms with E-state index in [1.54, 1.807) is 7.11 Å². The van der Waals surface area contributed by atoms with Crippen LogP contribution in [-0.2, 0) is 11.2 Å². The van der Waals surface area contributed by atoms with Crippen LogP contribution in [-0.4, -0.2) is 13.7 Å². The van der Waals surface area contributed by atoms with Gasteiger partial charge in [0.25, 0.3) is 0 Å². The van der Waals surface area contributed by atoms with Crippen LogP contribution in [0.3, 0.4) is 0 Å². The van der Waals surface area contributed by atoms with Gasteiger partial charge in [0.1, 0.15) is 5.75 Å². The number of methoxy groups -OCH3 is 1. The first-order valence-corrected chi connectivity index (χ1v) is 9.36. The fourth-order valence-electron chi connectivity index (χ4n) is 4.37. The van der Waals surface area contributed by atoms with Crippen LogP contribution in [0.2, 0.25) is 0 Å². The molecule has 1 fully saturated rings. The molecule has 0 saturated carbocycles. The second-order valence-corrected chi connectivity index (χ2v) is 7.22. The van der Waals surface area contributed by atoms with Crippen molar-refractivity contribution in [2.75, 3.05) is 19.0 Å². The van der Waals surface area contributed by atoms with E-state index in [2.05, 4.69) is 55.6 Å². The number of rotatable bonds is 3. The summed E-state index contributed by atoms with van der Waals surface area (Å²) in [5.41, 5.74) is 6.45. The standard InChI is InChI=1S/C22H27NO2/c1-4-15-7-9-19-18(13-15)22-17(6-5-11-25-22)21(23-19)16-8-10-20(24-3)14(2)12-16/h7-10,12-13,17,21-23H,4-6,11H2,1-3H3/t17-,21?,22-/m0/s1. The molecule has 2 aromatic rings. The number of hydrogen-bond acceptors (Lipinski definition) is 3. The Hall–Kier alpha value is -2.00. The quantitative estimate of drug-likeness (QED) is 0.835. The second kappa shape index (κ2) is 6.72. The molecule has 0 aromatic heterocycles. The van der Waals surface area contributed by atoms with Crippen molar-refractivity contribution in [1.29, 1.82) is 0 Å². The summed E-state index contributed by atoms with van der Waals surface area (Å²) in [5.74, 6) is 1.42. The average Bonchev–Trinajstić information content (AvgIpc) is 2.67. The number of ether oxygens (including phenoxy) is 2. The van der Waals surface area contributed by atoms with E-state index in [1.165, 1.54) is 34.4 Å². The molecule has 0 spiro atoms. The van der Waals surface area contributed by atoms with Crippen molar-refractivity contribution in [2.24, 2.45) is 5.92 Å². The van der Waals surface area contributed by atoms with Crippen LogP contribution in [0.5, 0.6) is 5.75 Å². The predicted octanol–water partition coefficient (Wildman–Crippen LogP) is 5.20. The number of hydrogen-bond donors (Lipinski definition) is 1. The number of anilines is 1. The summed E-state index contributed by atoms with van der Waals surface area (Å²) in [7, 11) is 1.73. The SMILES string of the molecule is CCc1ccc2c(c1)[C@H]1OCCC[C@H]1C(c1ccc(OC)c(C)c1)N2. The molecule has 0 bridgehead atoms. The Bertz CT molecular complexity index is 771. The summed E-state index contributed by atoms with van der Waals surface area (Å²) < 4.78 is 11.7. The van der Waals surface area contributed by atoms with Gasteiger partial charge in [-0.25, -0.2) is 0 Å². The van der Waals surface area contributed by atoms with E-state index in [9.17, 15) is 0 Å². The van der Waals surface area contributed by atoms with Gasteiger partial charge < -0.3 is 14.8 Å². The number of nitrogens with one attached hydrogen (secondary N) is 1. The number of benzene rings is 2. The van der Waals surface area contributed by atoms with Gasteiger partial charge in [0.2, 0.25) is 0 Å². The van der Waals surface area contributed by atoms with E-state index >= 15 is 0 Å². The van der Waals surface area contributed by atoms with Crippen LogP contribution in [0.1, 0.15) is 54.2 Å². The zero-order valence-electron chi connectivity index (χ0n) is 15.3. The lowest BCUT2D eigenvalue weighted by Crippen LogP contribution is -2.36. The van der Waals surface area contributed by atoms with E-state index in [0.717, 1.165) is 25.2 Å². The normalized spacial score (nSPS) is 24.8. The van der Waals surface area contributed by atoms with E-state index in [1.807, 2.05) is 0 Å². The monoisotopic (exact) mass is 337 g/mol. The van der Waals surface area contributed by atoms with Gasteiger partial charge in [0.15, 0.2) is 0 Å². The highest BCUT2D eigenvalue weighted by molar-refractivity contribution is 5.58. The molecule has 3 heteroatoms. The molecule has 2 aliphatic rings. The highest BCUT2D eigenvalue weighted by Crippen LogP contribution is 2.49. The zero-order valence-corrected chi connectivity index (χ0v) is 15.3. The lowest BCUT2D eigenvalue weighted by atomic mass is 9.77. The maximum atomic E-state index is 6.27. The van der Waals surface area contributed by atoms with E-state index in [0.29, 0.717) is 5.92 Å². The van der Waals surface area contributed by atoms with Gasteiger partial charge in [-0.1, -0.05) is 31.2 Å². The van der Waals surface area contributed by atoms with Gasteiger partial charge in [-0.3, -0.25) is 0 Å². The van der Waals surface area contributed by atoms with Crippen LogP contribution < -0.4 is 10.1 Å². The number of fused-ring (bicyclic) bond motifs is 3. The van der Waals surface area contributed by atoms with Crippen LogP contribution >= 0.6 is 0 Å². The molecule has 1 saturated heterocycles. The molecule has 0 amide bonds. The highest BCUT2D eigenvalue weighted by atomic mass is 16.5. The van der Waals surface area contributed by atoms with Crippen molar-refractivity contribution in [3.63, 3.8) is 0 Å². The van der Waals surface area contributed by atoms with Crippen molar-refractivity contribution in [2.45, 2.75) is 45.3 Å². The summed E-state index contributed by atoms with van der Waals surface area (Å²) in [6.45, 7) is 5.19. The minimum absolute atomic E-state index is 0.198. The molecule has 132 valence electrons. The molecular formula is C22H27NO2. The molecule has 0 aliphatic carbocycles. The van der Waals surface area contributed by atoms with Crippen LogP contribution in [0, 0.1) is 12.8 Å². The van der Waals surface area contributed by atoms with Gasteiger partial charge in [-0.15, -0.1) is 0 Å². The molecule has 3 nitrogen and oxygen atoms in total. The van der Waals surface area contributed by atoms with Crippen molar-refractivity contribution in [3.8, 4) is 5.75 Å². The number of aryl methyl sites for hydroxylation is 2. The summed E-state index contributed by atoms with van der Waals surface area (Å²) >= 11 is 0. The molecule has 4 rings (SSSR count). The van der Waals surface area contributed by atoms with Crippen molar-refractivity contribution in [3.05, 3.63) is 58.7 Å². The molecule has 25 heavy (non-hydrogen) atoms. The van der Waals surface area contributed by atoms with Crippen LogP contribution in [0.25, 0.3) is 0 Å². The van der Waals surface area contributed by atoms with E-state index < -0.39 is 0 Å². The first kappa shape index (κ1) is 16.5. The lowest BCUT2D eigenvalue weighted by Gasteiger charge is -2.43. The third kappa shape index (κ3) is 2.91. The van der Waals surface area contributed by atoms with Crippen molar-refractivity contribution >= 4 is 5.69 Å². The average molecular weight is 337 g/mol. The van der Waals surface area contributed by atoms with Crippen molar-refractivity contribution in [1.82, 2.24) is 0 Å². The molecule has 2 aliphatic heterocycles. The second-order valence-electron chi connectivity index (χ2n) is 7.22. The van der Waals surface area contributed by atoms with Gasteiger partial charge in [-0.2, -0.15) is 0 Å². The Morgan fingerprint density at radius 2 is 2.08 bits per heavy atom. The Labute approximate surface area is 150 Å². The largest absolute Gasteiger partial charge is 0.496 e. The zero-order chi connectivity index (χ0) is 17.4. The Morgan fingerprint density at radius 1 is 1.20 bits per heavy atom. The first-order valence-electron chi connectivity index (χ1n) is 9.36. The molecule has 3 atom stereocenters.